The van der Waals surface area contributed by atoms with E-state index in [1.807, 2.05) is 0 Å². The molecule has 4 heteroatoms. The molecule has 3 aliphatic rings. The number of nitrogens with one attached hydrogen (secondary N) is 1. The SMILES string of the molecule is c1ccc([C@@H]2COCCN2C2CN(C3CCNCC3)C2)cc1. The summed E-state index contributed by atoms with van der Waals surface area (Å²) in [6.07, 6.45) is 2.63. The van der Waals surface area contributed by atoms with Crippen LogP contribution in [0.1, 0.15) is 24.4 Å². The topological polar surface area (TPSA) is 27.7 Å². The molecule has 0 bridgehead atoms. The molecule has 3 aliphatic heterocycles. The molecular formula is C18H27N3O. The molecule has 0 saturated carbocycles. The van der Waals surface area contributed by atoms with Crippen LogP contribution in [-0.2, 0) is 4.74 Å². The summed E-state index contributed by atoms with van der Waals surface area (Å²) in [5, 5.41) is 3.47. The Labute approximate surface area is 133 Å². The minimum atomic E-state index is 0.440. The van der Waals surface area contributed by atoms with Crippen molar-refractivity contribution in [3.63, 3.8) is 0 Å². The summed E-state index contributed by atoms with van der Waals surface area (Å²) < 4.78 is 5.77. The fourth-order valence-corrected chi connectivity index (χ4v) is 4.18. The summed E-state index contributed by atoms with van der Waals surface area (Å²) in [4.78, 5) is 5.39. The number of likely N-dealkylation sites (tertiary alicyclic amines) is 1. The highest BCUT2D eigenvalue weighted by molar-refractivity contribution is 5.20. The molecule has 1 N–H and O–H groups in total. The lowest BCUT2D eigenvalue weighted by atomic mass is 9.95. The molecule has 0 aromatic heterocycles. The van der Waals surface area contributed by atoms with Crippen LogP contribution in [0.3, 0.4) is 0 Å². The molecule has 0 amide bonds. The van der Waals surface area contributed by atoms with Crippen LogP contribution in [0.4, 0.5) is 0 Å². The lowest BCUT2D eigenvalue weighted by Crippen LogP contribution is -2.65. The van der Waals surface area contributed by atoms with Crippen molar-refractivity contribution in [3.8, 4) is 0 Å². The molecule has 22 heavy (non-hydrogen) atoms. The van der Waals surface area contributed by atoms with Gasteiger partial charge in [0.2, 0.25) is 0 Å². The molecular weight excluding hydrogens is 274 g/mol. The zero-order valence-corrected chi connectivity index (χ0v) is 13.3. The second-order valence-corrected chi connectivity index (χ2v) is 6.83. The first-order chi connectivity index (χ1) is 10.9. The van der Waals surface area contributed by atoms with Gasteiger partial charge in [-0.1, -0.05) is 30.3 Å². The first kappa shape index (κ1) is 14.6. The summed E-state index contributed by atoms with van der Waals surface area (Å²) in [6.45, 7) is 7.67. The highest BCUT2D eigenvalue weighted by Gasteiger charge is 2.40. The highest BCUT2D eigenvalue weighted by atomic mass is 16.5. The molecule has 3 fully saturated rings. The number of nitrogens with zero attached hydrogens (tertiary/aromatic N) is 2. The Morgan fingerprint density at radius 2 is 1.77 bits per heavy atom. The van der Waals surface area contributed by atoms with Gasteiger partial charge in [-0.25, -0.2) is 0 Å². The second kappa shape index (κ2) is 6.67. The van der Waals surface area contributed by atoms with Crippen molar-refractivity contribution in [2.75, 3.05) is 45.9 Å². The van der Waals surface area contributed by atoms with Gasteiger partial charge in [-0.2, -0.15) is 0 Å². The third-order valence-corrected chi connectivity index (χ3v) is 5.54. The van der Waals surface area contributed by atoms with Crippen LogP contribution in [-0.4, -0.2) is 67.8 Å². The smallest absolute Gasteiger partial charge is 0.0664 e. The van der Waals surface area contributed by atoms with E-state index in [1.165, 1.54) is 44.6 Å². The predicted octanol–water partition coefficient (Wildman–Crippen LogP) is 1.50. The van der Waals surface area contributed by atoms with Gasteiger partial charge in [0.15, 0.2) is 0 Å². The number of ether oxygens (including phenoxy) is 1. The van der Waals surface area contributed by atoms with Gasteiger partial charge in [0.25, 0.3) is 0 Å². The van der Waals surface area contributed by atoms with E-state index in [2.05, 4.69) is 45.4 Å². The maximum atomic E-state index is 5.77. The molecule has 0 aliphatic carbocycles. The molecule has 1 aromatic rings. The minimum Gasteiger partial charge on any atom is -0.378 e. The van der Waals surface area contributed by atoms with Gasteiger partial charge >= 0.3 is 0 Å². The zero-order valence-electron chi connectivity index (χ0n) is 13.3. The van der Waals surface area contributed by atoms with E-state index in [0.717, 1.165) is 25.8 Å². The van der Waals surface area contributed by atoms with Crippen LogP contribution >= 0.6 is 0 Å². The summed E-state index contributed by atoms with van der Waals surface area (Å²) in [6, 6.07) is 12.8. The van der Waals surface area contributed by atoms with Crippen molar-refractivity contribution in [1.29, 1.82) is 0 Å². The Hall–Kier alpha value is -0.940. The summed E-state index contributed by atoms with van der Waals surface area (Å²) in [5.41, 5.74) is 1.41. The number of piperidine rings is 1. The largest absolute Gasteiger partial charge is 0.378 e. The van der Waals surface area contributed by atoms with E-state index < -0.39 is 0 Å². The first-order valence-corrected chi connectivity index (χ1v) is 8.75. The van der Waals surface area contributed by atoms with E-state index in [1.54, 1.807) is 0 Å². The summed E-state index contributed by atoms with van der Waals surface area (Å²) in [7, 11) is 0. The molecule has 4 rings (SSSR count). The van der Waals surface area contributed by atoms with Crippen LogP contribution in [0.25, 0.3) is 0 Å². The highest BCUT2D eigenvalue weighted by Crippen LogP contribution is 2.31. The average molecular weight is 301 g/mol. The van der Waals surface area contributed by atoms with Gasteiger partial charge in [-0.05, 0) is 31.5 Å². The fourth-order valence-electron chi connectivity index (χ4n) is 4.18. The van der Waals surface area contributed by atoms with E-state index in [9.17, 15) is 0 Å². The molecule has 1 aromatic carbocycles. The Bertz CT molecular complexity index is 468. The van der Waals surface area contributed by atoms with Crippen molar-refractivity contribution in [1.82, 2.24) is 15.1 Å². The third kappa shape index (κ3) is 2.93. The molecule has 120 valence electrons. The average Bonchev–Trinajstić information content (AvgIpc) is 2.56. The normalized spacial score (nSPS) is 29.4. The summed E-state index contributed by atoms with van der Waals surface area (Å²) in [5.74, 6) is 0. The maximum Gasteiger partial charge on any atom is 0.0664 e. The lowest BCUT2D eigenvalue weighted by molar-refractivity contribution is -0.0815. The van der Waals surface area contributed by atoms with Crippen molar-refractivity contribution in [3.05, 3.63) is 35.9 Å². The first-order valence-electron chi connectivity index (χ1n) is 8.75. The quantitative estimate of drug-likeness (QED) is 0.915. The molecule has 1 atom stereocenters. The molecule has 3 heterocycles. The van der Waals surface area contributed by atoms with Gasteiger partial charge in [0, 0.05) is 31.7 Å². The van der Waals surface area contributed by atoms with Crippen molar-refractivity contribution in [2.24, 2.45) is 0 Å². The number of hydrogen-bond acceptors (Lipinski definition) is 4. The van der Waals surface area contributed by atoms with Crippen molar-refractivity contribution >= 4 is 0 Å². The van der Waals surface area contributed by atoms with Gasteiger partial charge in [-0.15, -0.1) is 0 Å². The second-order valence-electron chi connectivity index (χ2n) is 6.83. The number of hydrogen-bond donors (Lipinski definition) is 1. The van der Waals surface area contributed by atoms with E-state index in [-0.39, 0.29) is 0 Å². The molecule has 0 spiro atoms. The Kier molecular flexibility index (Phi) is 4.44. The van der Waals surface area contributed by atoms with Crippen molar-refractivity contribution < 1.29 is 4.74 Å². The van der Waals surface area contributed by atoms with Gasteiger partial charge in [0.05, 0.1) is 19.3 Å². The molecule has 4 nitrogen and oxygen atoms in total. The Morgan fingerprint density at radius 1 is 1.00 bits per heavy atom. The molecule has 0 unspecified atom stereocenters. The van der Waals surface area contributed by atoms with Crippen LogP contribution < -0.4 is 5.32 Å². The van der Waals surface area contributed by atoms with Crippen LogP contribution in [0, 0.1) is 0 Å². The zero-order chi connectivity index (χ0) is 14.8. The Morgan fingerprint density at radius 3 is 2.55 bits per heavy atom. The van der Waals surface area contributed by atoms with Crippen molar-refractivity contribution in [2.45, 2.75) is 31.0 Å². The number of morpholine rings is 1. The molecule has 0 radical (unpaired) electrons. The van der Waals surface area contributed by atoms with Crippen LogP contribution in [0.2, 0.25) is 0 Å². The van der Waals surface area contributed by atoms with E-state index >= 15 is 0 Å². The van der Waals surface area contributed by atoms with E-state index in [0.29, 0.717) is 12.1 Å². The fraction of sp³-hybridized carbons (Fsp3) is 0.667. The lowest BCUT2D eigenvalue weighted by Gasteiger charge is -2.52. The number of benzene rings is 1. The molecule has 3 saturated heterocycles. The summed E-state index contributed by atoms with van der Waals surface area (Å²) >= 11 is 0. The maximum absolute atomic E-state index is 5.77. The third-order valence-electron chi connectivity index (χ3n) is 5.54. The van der Waals surface area contributed by atoms with Gasteiger partial charge in [0.1, 0.15) is 0 Å². The van der Waals surface area contributed by atoms with Gasteiger partial charge in [-0.3, -0.25) is 9.80 Å². The Balaban J connectivity index is 1.39. The predicted molar refractivity (Wildman–Crippen MR) is 88.0 cm³/mol. The van der Waals surface area contributed by atoms with Crippen LogP contribution in [0.15, 0.2) is 30.3 Å². The minimum absolute atomic E-state index is 0.440. The standard InChI is InChI=1S/C18H27N3O/c1-2-4-15(5-3-1)18-14-22-11-10-21(18)17-12-20(13-17)16-6-8-19-9-7-16/h1-5,16-19H,6-14H2/t18-/m0/s1. The van der Waals surface area contributed by atoms with Crippen LogP contribution in [0.5, 0.6) is 0 Å². The number of rotatable bonds is 3. The monoisotopic (exact) mass is 301 g/mol. The van der Waals surface area contributed by atoms with E-state index in [4.69, 9.17) is 4.74 Å². The van der Waals surface area contributed by atoms with Gasteiger partial charge < -0.3 is 10.1 Å².